The van der Waals surface area contributed by atoms with Crippen LogP contribution < -0.4 is 0 Å². The van der Waals surface area contributed by atoms with Crippen LogP contribution in [0.1, 0.15) is 10.5 Å². The second-order valence-corrected chi connectivity index (χ2v) is 3.81. The van der Waals surface area contributed by atoms with Crippen molar-refractivity contribution in [2.75, 3.05) is 0 Å². The lowest BCUT2D eigenvalue weighted by Gasteiger charge is -2.01. The molecule has 4 nitrogen and oxygen atoms in total. The Hall–Kier alpha value is -1.69. The smallest absolute Gasteiger partial charge is 0.358 e. The summed E-state index contributed by atoms with van der Waals surface area (Å²) in [6.07, 6.45) is 1.04. The third-order valence-electron chi connectivity index (χ3n) is 1.95. The van der Waals surface area contributed by atoms with E-state index in [0.29, 0.717) is 10.0 Å². The Kier molecular flexibility index (Phi) is 2.74. The number of aromatic carboxylic acids is 1. The highest BCUT2D eigenvalue weighted by molar-refractivity contribution is 9.10. The lowest BCUT2D eigenvalue weighted by molar-refractivity contribution is 0.0691. The van der Waals surface area contributed by atoms with Crippen LogP contribution in [0.15, 0.2) is 33.5 Å². The standard InChI is InChI=1S/C10H5BrFNO3/c11-7-3-5(12)1-2-6(7)9-8(10(14)15)13-4-16-9/h1-4H,(H,14,15). The lowest BCUT2D eigenvalue weighted by atomic mass is 10.1. The molecule has 0 amide bonds. The fourth-order valence-corrected chi connectivity index (χ4v) is 1.79. The second kappa shape index (κ2) is 4.05. The Morgan fingerprint density at radius 1 is 1.50 bits per heavy atom. The van der Waals surface area contributed by atoms with Crippen LogP contribution >= 0.6 is 15.9 Å². The molecule has 0 atom stereocenters. The Bertz CT molecular complexity index is 553. The van der Waals surface area contributed by atoms with Crippen LogP contribution in [0.3, 0.4) is 0 Å². The van der Waals surface area contributed by atoms with Crippen molar-refractivity contribution < 1.29 is 18.7 Å². The summed E-state index contributed by atoms with van der Waals surface area (Å²) in [4.78, 5) is 14.4. The highest BCUT2D eigenvalue weighted by Gasteiger charge is 2.19. The van der Waals surface area contributed by atoms with E-state index in [2.05, 4.69) is 20.9 Å². The summed E-state index contributed by atoms with van der Waals surface area (Å²) in [6, 6.07) is 3.87. The molecule has 0 bridgehead atoms. The molecule has 82 valence electrons. The van der Waals surface area contributed by atoms with E-state index in [1.165, 1.54) is 18.2 Å². The molecule has 0 spiro atoms. The molecule has 1 N–H and O–H groups in total. The molecule has 0 saturated heterocycles. The minimum atomic E-state index is -1.19. The molecular formula is C10H5BrFNO3. The molecular weight excluding hydrogens is 281 g/mol. The van der Waals surface area contributed by atoms with Gasteiger partial charge in [-0.2, -0.15) is 0 Å². The number of carboxylic acids is 1. The van der Waals surface area contributed by atoms with E-state index in [0.717, 1.165) is 6.39 Å². The first kappa shape index (κ1) is 10.8. The van der Waals surface area contributed by atoms with Gasteiger partial charge in [0.15, 0.2) is 17.8 Å². The van der Waals surface area contributed by atoms with Gasteiger partial charge in [0.1, 0.15) is 5.82 Å². The molecule has 1 aromatic carbocycles. The molecule has 0 aliphatic carbocycles. The largest absolute Gasteiger partial charge is 0.476 e. The number of halogens is 2. The summed E-state index contributed by atoms with van der Waals surface area (Å²) in [5, 5.41) is 8.85. The second-order valence-electron chi connectivity index (χ2n) is 2.96. The maximum absolute atomic E-state index is 12.9. The third-order valence-corrected chi connectivity index (χ3v) is 2.60. The number of benzene rings is 1. The van der Waals surface area contributed by atoms with Gasteiger partial charge in [0, 0.05) is 10.0 Å². The van der Waals surface area contributed by atoms with Crippen LogP contribution in [0.5, 0.6) is 0 Å². The van der Waals surface area contributed by atoms with Crippen molar-refractivity contribution in [3.05, 3.63) is 40.6 Å². The van der Waals surface area contributed by atoms with Crippen molar-refractivity contribution in [1.29, 1.82) is 0 Å². The zero-order valence-electron chi connectivity index (χ0n) is 7.78. The highest BCUT2D eigenvalue weighted by Crippen LogP contribution is 2.30. The predicted molar refractivity (Wildman–Crippen MR) is 56.6 cm³/mol. The number of hydrogen-bond acceptors (Lipinski definition) is 3. The van der Waals surface area contributed by atoms with Crippen molar-refractivity contribution in [2.24, 2.45) is 0 Å². The Labute approximate surface area is 97.9 Å². The quantitative estimate of drug-likeness (QED) is 0.921. The molecule has 0 aliphatic rings. The minimum Gasteiger partial charge on any atom is -0.476 e. The molecule has 1 heterocycles. The van der Waals surface area contributed by atoms with E-state index in [1.54, 1.807) is 0 Å². The fraction of sp³-hybridized carbons (Fsp3) is 0. The zero-order valence-corrected chi connectivity index (χ0v) is 9.36. The van der Waals surface area contributed by atoms with Crippen molar-refractivity contribution in [1.82, 2.24) is 4.98 Å². The van der Waals surface area contributed by atoms with E-state index in [1.807, 2.05) is 0 Å². The molecule has 0 aliphatic heterocycles. The van der Waals surface area contributed by atoms with E-state index in [4.69, 9.17) is 9.52 Å². The highest BCUT2D eigenvalue weighted by atomic mass is 79.9. The summed E-state index contributed by atoms with van der Waals surface area (Å²) in [6.45, 7) is 0. The Morgan fingerprint density at radius 3 is 2.88 bits per heavy atom. The number of carbonyl (C=O) groups is 1. The van der Waals surface area contributed by atoms with Crippen LogP contribution in [0.4, 0.5) is 4.39 Å². The fourth-order valence-electron chi connectivity index (χ4n) is 1.26. The summed E-state index contributed by atoms with van der Waals surface area (Å²) >= 11 is 3.13. The average molecular weight is 286 g/mol. The Morgan fingerprint density at radius 2 is 2.25 bits per heavy atom. The Balaban J connectivity index is 2.59. The first-order valence-electron chi connectivity index (χ1n) is 4.22. The molecule has 2 rings (SSSR count). The van der Waals surface area contributed by atoms with E-state index >= 15 is 0 Å². The van der Waals surface area contributed by atoms with Crippen LogP contribution in [0, 0.1) is 5.82 Å². The summed E-state index contributed by atoms with van der Waals surface area (Å²) < 4.78 is 18.3. The molecule has 0 radical (unpaired) electrons. The van der Waals surface area contributed by atoms with Gasteiger partial charge in [-0.3, -0.25) is 0 Å². The predicted octanol–water partition coefficient (Wildman–Crippen LogP) is 2.94. The van der Waals surface area contributed by atoms with Crippen LogP contribution in [0.25, 0.3) is 11.3 Å². The van der Waals surface area contributed by atoms with Crippen molar-refractivity contribution >= 4 is 21.9 Å². The van der Waals surface area contributed by atoms with Crippen LogP contribution in [-0.2, 0) is 0 Å². The van der Waals surface area contributed by atoms with E-state index in [9.17, 15) is 9.18 Å². The van der Waals surface area contributed by atoms with Crippen molar-refractivity contribution in [3.8, 4) is 11.3 Å². The van der Waals surface area contributed by atoms with Crippen molar-refractivity contribution in [2.45, 2.75) is 0 Å². The maximum Gasteiger partial charge on any atom is 0.358 e. The SMILES string of the molecule is O=C(O)c1ncoc1-c1ccc(F)cc1Br. The summed E-state index contributed by atoms with van der Waals surface area (Å²) in [5.74, 6) is -1.52. The summed E-state index contributed by atoms with van der Waals surface area (Å²) in [5.41, 5.74) is 0.239. The van der Waals surface area contributed by atoms with E-state index in [-0.39, 0.29) is 11.5 Å². The third kappa shape index (κ3) is 1.83. The molecule has 0 fully saturated rings. The normalized spacial score (nSPS) is 10.4. The molecule has 16 heavy (non-hydrogen) atoms. The molecule has 2 aromatic rings. The van der Waals surface area contributed by atoms with Gasteiger partial charge in [0.05, 0.1) is 0 Å². The number of oxazole rings is 1. The molecule has 1 aromatic heterocycles. The van der Waals surface area contributed by atoms with Gasteiger partial charge < -0.3 is 9.52 Å². The van der Waals surface area contributed by atoms with Gasteiger partial charge in [-0.05, 0) is 34.1 Å². The summed E-state index contributed by atoms with van der Waals surface area (Å²) in [7, 11) is 0. The van der Waals surface area contributed by atoms with Gasteiger partial charge in [0.2, 0.25) is 0 Å². The minimum absolute atomic E-state index is 0.0966. The van der Waals surface area contributed by atoms with Gasteiger partial charge in [0.25, 0.3) is 0 Å². The first-order chi connectivity index (χ1) is 7.59. The monoisotopic (exact) mass is 285 g/mol. The van der Waals surface area contributed by atoms with Gasteiger partial charge >= 0.3 is 5.97 Å². The molecule has 0 unspecified atom stereocenters. The van der Waals surface area contributed by atoms with E-state index < -0.39 is 11.8 Å². The number of aromatic nitrogens is 1. The van der Waals surface area contributed by atoms with Gasteiger partial charge in [-0.1, -0.05) is 0 Å². The molecule has 6 heteroatoms. The zero-order chi connectivity index (χ0) is 11.7. The number of hydrogen-bond donors (Lipinski definition) is 1. The van der Waals surface area contributed by atoms with Gasteiger partial charge in [-0.25, -0.2) is 14.2 Å². The van der Waals surface area contributed by atoms with Crippen LogP contribution in [-0.4, -0.2) is 16.1 Å². The van der Waals surface area contributed by atoms with Gasteiger partial charge in [-0.15, -0.1) is 0 Å². The molecule has 0 saturated carbocycles. The number of rotatable bonds is 2. The first-order valence-corrected chi connectivity index (χ1v) is 5.01. The lowest BCUT2D eigenvalue weighted by Crippen LogP contribution is -1.98. The maximum atomic E-state index is 12.9. The van der Waals surface area contributed by atoms with Crippen LogP contribution in [0.2, 0.25) is 0 Å². The number of nitrogens with zero attached hydrogens (tertiary/aromatic N) is 1. The topological polar surface area (TPSA) is 63.3 Å². The van der Waals surface area contributed by atoms with Crippen molar-refractivity contribution in [3.63, 3.8) is 0 Å². The average Bonchev–Trinajstić information content (AvgIpc) is 2.66. The number of carboxylic acid groups (broad SMARTS) is 1.